The molecule has 0 fully saturated rings. The number of halogens is 1. The molecule has 2 rings (SSSR count). The van der Waals surface area contributed by atoms with E-state index < -0.39 is 6.09 Å². The smallest absolute Gasteiger partial charge is 0.427 e. The first-order valence-corrected chi connectivity index (χ1v) is 8.04. The van der Waals surface area contributed by atoms with Crippen LogP contribution in [0.1, 0.15) is 12.0 Å². The number of amides is 1. The van der Waals surface area contributed by atoms with E-state index in [0.29, 0.717) is 36.2 Å². The van der Waals surface area contributed by atoms with Gasteiger partial charge in [0.15, 0.2) is 0 Å². The van der Waals surface area contributed by atoms with Gasteiger partial charge in [0.25, 0.3) is 0 Å². The van der Waals surface area contributed by atoms with Gasteiger partial charge in [0.1, 0.15) is 11.5 Å². The van der Waals surface area contributed by atoms with Gasteiger partial charge in [-0.25, -0.2) is 10.2 Å². The molecule has 0 spiro atoms. The molecule has 0 aliphatic rings. The average Bonchev–Trinajstić information content (AvgIpc) is 2.63. The van der Waals surface area contributed by atoms with E-state index >= 15 is 0 Å². The maximum atomic E-state index is 10.9. The fourth-order valence-corrected chi connectivity index (χ4v) is 2.07. The van der Waals surface area contributed by atoms with Crippen LogP contribution in [-0.2, 0) is 4.74 Å². The molecule has 25 heavy (non-hydrogen) atoms. The van der Waals surface area contributed by atoms with Gasteiger partial charge in [0.2, 0.25) is 0 Å². The molecule has 0 bridgehead atoms. The summed E-state index contributed by atoms with van der Waals surface area (Å²) in [6, 6.07) is 14.7. The SMILES string of the molecule is COC(=O)N/N=C\c1cccc(OCCCOc2ccccc2Cl)c1. The predicted octanol–water partition coefficient (Wildman–Crippen LogP) is 3.88. The van der Waals surface area contributed by atoms with E-state index in [1.54, 1.807) is 6.07 Å². The summed E-state index contributed by atoms with van der Waals surface area (Å²) >= 11 is 6.02. The Hall–Kier alpha value is -2.73. The Kier molecular flexibility index (Phi) is 7.59. The molecule has 0 heterocycles. The first kappa shape index (κ1) is 18.6. The van der Waals surface area contributed by atoms with E-state index in [0.717, 1.165) is 5.56 Å². The maximum absolute atomic E-state index is 10.9. The lowest BCUT2D eigenvalue weighted by atomic mass is 10.2. The maximum Gasteiger partial charge on any atom is 0.427 e. The number of nitrogens with one attached hydrogen (secondary N) is 1. The number of para-hydroxylation sites is 1. The van der Waals surface area contributed by atoms with Crippen molar-refractivity contribution in [1.82, 2.24) is 5.43 Å². The molecule has 132 valence electrons. The van der Waals surface area contributed by atoms with Gasteiger partial charge in [-0.3, -0.25) is 0 Å². The fraction of sp³-hybridized carbons (Fsp3) is 0.222. The van der Waals surface area contributed by atoms with Gasteiger partial charge in [-0.15, -0.1) is 0 Å². The summed E-state index contributed by atoms with van der Waals surface area (Å²) in [6.07, 6.45) is 1.60. The monoisotopic (exact) mass is 362 g/mol. The largest absolute Gasteiger partial charge is 0.493 e. The summed E-state index contributed by atoms with van der Waals surface area (Å²) in [6.45, 7) is 1.01. The molecule has 1 amide bonds. The van der Waals surface area contributed by atoms with E-state index in [1.807, 2.05) is 42.5 Å². The highest BCUT2D eigenvalue weighted by molar-refractivity contribution is 6.32. The number of carbonyl (C=O) groups is 1. The van der Waals surface area contributed by atoms with Crippen molar-refractivity contribution in [2.24, 2.45) is 5.10 Å². The van der Waals surface area contributed by atoms with Crippen molar-refractivity contribution in [3.63, 3.8) is 0 Å². The molecule has 0 aliphatic heterocycles. The zero-order valence-corrected chi connectivity index (χ0v) is 14.5. The number of hydrogen-bond donors (Lipinski definition) is 1. The number of benzene rings is 2. The third-order valence-electron chi connectivity index (χ3n) is 3.06. The van der Waals surface area contributed by atoms with Gasteiger partial charge >= 0.3 is 6.09 Å². The molecule has 0 radical (unpaired) electrons. The minimum absolute atomic E-state index is 0.505. The van der Waals surface area contributed by atoms with Crippen LogP contribution in [0.5, 0.6) is 11.5 Å². The van der Waals surface area contributed by atoms with Gasteiger partial charge in [-0.1, -0.05) is 35.9 Å². The van der Waals surface area contributed by atoms with Crippen LogP contribution in [0.3, 0.4) is 0 Å². The van der Waals surface area contributed by atoms with Gasteiger partial charge in [0.05, 0.1) is 31.6 Å². The topological polar surface area (TPSA) is 69.2 Å². The molecule has 7 heteroatoms. The van der Waals surface area contributed by atoms with Crippen LogP contribution < -0.4 is 14.9 Å². The van der Waals surface area contributed by atoms with Crippen LogP contribution in [0.4, 0.5) is 4.79 Å². The minimum atomic E-state index is -0.623. The summed E-state index contributed by atoms with van der Waals surface area (Å²) in [5, 5.41) is 4.36. The van der Waals surface area contributed by atoms with Crippen LogP contribution in [0.15, 0.2) is 53.6 Å². The Labute approximate surface area is 151 Å². The van der Waals surface area contributed by atoms with Crippen LogP contribution >= 0.6 is 11.6 Å². The van der Waals surface area contributed by atoms with E-state index in [9.17, 15) is 4.79 Å². The normalized spacial score (nSPS) is 10.5. The van der Waals surface area contributed by atoms with Gasteiger partial charge in [0, 0.05) is 6.42 Å². The lowest BCUT2D eigenvalue weighted by molar-refractivity contribution is 0.171. The quantitative estimate of drug-likeness (QED) is 0.439. The molecule has 2 aromatic rings. The van der Waals surface area contributed by atoms with Crippen molar-refractivity contribution in [3.05, 3.63) is 59.1 Å². The molecular formula is C18H19ClN2O4. The minimum Gasteiger partial charge on any atom is -0.493 e. The number of methoxy groups -OCH3 is 1. The lowest BCUT2D eigenvalue weighted by Crippen LogP contribution is -2.16. The van der Waals surface area contributed by atoms with E-state index in [1.165, 1.54) is 13.3 Å². The molecule has 6 nitrogen and oxygen atoms in total. The van der Waals surface area contributed by atoms with Crippen molar-refractivity contribution in [2.45, 2.75) is 6.42 Å². The molecule has 0 atom stereocenters. The molecule has 0 saturated carbocycles. The van der Waals surface area contributed by atoms with Crippen LogP contribution in [0.25, 0.3) is 0 Å². The van der Waals surface area contributed by atoms with E-state index in [4.69, 9.17) is 21.1 Å². The highest BCUT2D eigenvalue weighted by atomic mass is 35.5. The Morgan fingerprint density at radius 2 is 1.96 bits per heavy atom. The molecule has 1 N–H and O–H groups in total. The van der Waals surface area contributed by atoms with Gasteiger partial charge in [-0.2, -0.15) is 5.10 Å². The zero-order chi connectivity index (χ0) is 17.9. The molecule has 0 unspecified atom stereocenters. The molecule has 0 saturated heterocycles. The Morgan fingerprint density at radius 3 is 2.76 bits per heavy atom. The second-order valence-corrected chi connectivity index (χ2v) is 5.32. The van der Waals surface area contributed by atoms with Gasteiger partial charge in [-0.05, 0) is 29.8 Å². The number of nitrogens with zero attached hydrogens (tertiary/aromatic N) is 1. The summed E-state index contributed by atoms with van der Waals surface area (Å²) in [5.74, 6) is 1.38. The summed E-state index contributed by atoms with van der Waals surface area (Å²) in [5.41, 5.74) is 3.01. The highest BCUT2D eigenvalue weighted by Gasteiger charge is 2.00. The third kappa shape index (κ3) is 6.73. The standard InChI is InChI=1S/C18H19ClN2O4/c1-23-18(22)21-20-13-14-6-4-7-15(12-14)24-10-5-11-25-17-9-3-2-8-16(17)19/h2-4,6-9,12-13H,5,10-11H2,1H3,(H,21,22)/b20-13-. The second kappa shape index (κ2) is 10.2. The van der Waals surface area contributed by atoms with Crippen molar-refractivity contribution in [1.29, 1.82) is 0 Å². The van der Waals surface area contributed by atoms with Crippen molar-refractivity contribution < 1.29 is 19.0 Å². The first-order valence-electron chi connectivity index (χ1n) is 7.66. The summed E-state index contributed by atoms with van der Waals surface area (Å²) < 4.78 is 15.7. The van der Waals surface area contributed by atoms with E-state index in [2.05, 4.69) is 15.3 Å². The lowest BCUT2D eigenvalue weighted by Gasteiger charge is -2.09. The number of hydrogen-bond acceptors (Lipinski definition) is 5. The van der Waals surface area contributed by atoms with Crippen molar-refractivity contribution in [2.75, 3.05) is 20.3 Å². The summed E-state index contributed by atoms with van der Waals surface area (Å²) in [4.78, 5) is 10.9. The number of hydrazone groups is 1. The Bertz CT molecular complexity index is 722. The summed E-state index contributed by atoms with van der Waals surface area (Å²) in [7, 11) is 1.27. The molecular weight excluding hydrogens is 344 g/mol. The van der Waals surface area contributed by atoms with Crippen LogP contribution in [-0.4, -0.2) is 32.6 Å². The number of ether oxygens (including phenoxy) is 3. The highest BCUT2D eigenvalue weighted by Crippen LogP contribution is 2.23. The number of rotatable bonds is 8. The predicted molar refractivity (Wildman–Crippen MR) is 96.6 cm³/mol. The Balaban J connectivity index is 1.73. The van der Waals surface area contributed by atoms with Gasteiger partial charge < -0.3 is 14.2 Å². The molecule has 2 aromatic carbocycles. The van der Waals surface area contributed by atoms with Crippen LogP contribution in [0, 0.1) is 0 Å². The Morgan fingerprint density at radius 1 is 1.16 bits per heavy atom. The van der Waals surface area contributed by atoms with Crippen molar-refractivity contribution >= 4 is 23.9 Å². The van der Waals surface area contributed by atoms with E-state index in [-0.39, 0.29) is 0 Å². The number of carbonyl (C=O) groups excluding carboxylic acids is 1. The van der Waals surface area contributed by atoms with Crippen LogP contribution in [0.2, 0.25) is 5.02 Å². The average molecular weight is 363 g/mol. The molecule has 0 aliphatic carbocycles. The molecule has 0 aromatic heterocycles. The fourth-order valence-electron chi connectivity index (χ4n) is 1.88. The second-order valence-electron chi connectivity index (χ2n) is 4.91. The third-order valence-corrected chi connectivity index (χ3v) is 3.38. The first-order chi connectivity index (χ1) is 12.2. The van der Waals surface area contributed by atoms with Crippen molar-refractivity contribution in [3.8, 4) is 11.5 Å². The zero-order valence-electron chi connectivity index (χ0n) is 13.8.